The fraction of sp³-hybridized carbons (Fsp3) is 0.667. The zero-order valence-electron chi connectivity index (χ0n) is 12.8. The Morgan fingerprint density at radius 2 is 1.40 bits per heavy atom. The summed E-state index contributed by atoms with van der Waals surface area (Å²) in [5.41, 5.74) is -0.748. The van der Waals surface area contributed by atoms with Crippen molar-refractivity contribution < 1.29 is 4.39 Å². The van der Waals surface area contributed by atoms with E-state index in [4.69, 9.17) is 0 Å². The SMILES string of the molecule is CCCCCCCCCCCC(F)Sc1ccccc1. The van der Waals surface area contributed by atoms with Gasteiger partial charge in [0.25, 0.3) is 0 Å². The number of benzene rings is 1. The minimum Gasteiger partial charge on any atom is -0.235 e. The van der Waals surface area contributed by atoms with Gasteiger partial charge in [0.1, 0.15) is 5.50 Å². The average molecular weight is 296 g/mol. The molecule has 0 heterocycles. The van der Waals surface area contributed by atoms with Crippen molar-refractivity contribution >= 4 is 11.8 Å². The van der Waals surface area contributed by atoms with Gasteiger partial charge in [0.05, 0.1) is 0 Å². The predicted octanol–water partition coefficient (Wildman–Crippen LogP) is 7.00. The highest BCUT2D eigenvalue weighted by Gasteiger charge is 2.07. The van der Waals surface area contributed by atoms with E-state index < -0.39 is 5.50 Å². The molecule has 0 saturated carbocycles. The molecule has 1 aromatic rings. The first kappa shape index (κ1) is 17.6. The summed E-state index contributed by atoms with van der Waals surface area (Å²) in [6.07, 6.45) is 12.3. The fourth-order valence-corrected chi connectivity index (χ4v) is 3.22. The molecule has 0 aliphatic rings. The molecule has 114 valence electrons. The fourth-order valence-electron chi connectivity index (χ4n) is 2.32. The van der Waals surface area contributed by atoms with Crippen LogP contribution in [0.3, 0.4) is 0 Å². The number of alkyl halides is 1. The lowest BCUT2D eigenvalue weighted by Gasteiger charge is -2.07. The lowest BCUT2D eigenvalue weighted by atomic mass is 10.1. The zero-order valence-corrected chi connectivity index (χ0v) is 13.6. The third kappa shape index (κ3) is 9.41. The van der Waals surface area contributed by atoms with Gasteiger partial charge in [-0.1, -0.05) is 88.3 Å². The first-order valence-electron chi connectivity index (χ1n) is 8.18. The minimum absolute atomic E-state index is 0.690. The van der Waals surface area contributed by atoms with Crippen LogP contribution in [-0.2, 0) is 0 Å². The van der Waals surface area contributed by atoms with E-state index in [2.05, 4.69) is 6.92 Å². The molecule has 0 aromatic heterocycles. The molecular weight excluding hydrogens is 267 g/mol. The maximum Gasteiger partial charge on any atom is 0.150 e. The van der Waals surface area contributed by atoms with Crippen LogP contribution < -0.4 is 0 Å². The van der Waals surface area contributed by atoms with Crippen molar-refractivity contribution in [2.75, 3.05) is 0 Å². The van der Waals surface area contributed by atoms with E-state index in [-0.39, 0.29) is 0 Å². The number of unbranched alkanes of at least 4 members (excludes halogenated alkanes) is 8. The van der Waals surface area contributed by atoms with Gasteiger partial charge in [-0.05, 0) is 25.0 Å². The van der Waals surface area contributed by atoms with Gasteiger partial charge < -0.3 is 0 Å². The second-order valence-corrected chi connectivity index (χ2v) is 6.68. The van der Waals surface area contributed by atoms with Crippen LogP contribution in [0.15, 0.2) is 35.2 Å². The third-order valence-corrected chi connectivity index (χ3v) is 4.58. The first-order chi connectivity index (χ1) is 9.83. The van der Waals surface area contributed by atoms with Gasteiger partial charge in [-0.15, -0.1) is 0 Å². The van der Waals surface area contributed by atoms with Gasteiger partial charge in [0, 0.05) is 4.90 Å². The highest BCUT2D eigenvalue weighted by Crippen LogP contribution is 2.27. The maximum atomic E-state index is 13.8. The smallest absolute Gasteiger partial charge is 0.150 e. The molecule has 1 aromatic carbocycles. The van der Waals surface area contributed by atoms with Crippen LogP contribution in [0, 0.1) is 0 Å². The van der Waals surface area contributed by atoms with Crippen molar-refractivity contribution in [2.45, 2.75) is 81.5 Å². The number of halogens is 1. The highest BCUT2D eigenvalue weighted by molar-refractivity contribution is 7.99. The van der Waals surface area contributed by atoms with Crippen molar-refractivity contribution in [1.82, 2.24) is 0 Å². The lowest BCUT2D eigenvalue weighted by molar-refractivity contribution is 0.411. The molecule has 0 radical (unpaired) electrons. The third-order valence-electron chi connectivity index (χ3n) is 3.54. The lowest BCUT2D eigenvalue weighted by Crippen LogP contribution is -1.93. The van der Waals surface area contributed by atoms with Gasteiger partial charge >= 0.3 is 0 Å². The Morgan fingerprint density at radius 1 is 0.850 bits per heavy atom. The molecule has 1 atom stereocenters. The second kappa shape index (κ2) is 12.3. The van der Waals surface area contributed by atoms with Crippen molar-refractivity contribution in [3.05, 3.63) is 30.3 Å². The molecule has 0 spiro atoms. The zero-order chi connectivity index (χ0) is 14.5. The summed E-state index contributed by atoms with van der Waals surface area (Å²) in [4.78, 5) is 1.04. The van der Waals surface area contributed by atoms with E-state index in [1.807, 2.05) is 30.3 Å². The number of thioether (sulfide) groups is 1. The van der Waals surface area contributed by atoms with Gasteiger partial charge in [-0.25, -0.2) is 4.39 Å². The molecular formula is C18H29FS. The monoisotopic (exact) mass is 296 g/mol. The summed E-state index contributed by atoms with van der Waals surface area (Å²) in [5.74, 6) is 0. The van der Waals surface area contributed by atoms with Gasteiger partial charge in [0.2, 0.25) is 0 Å². The van der Waals surface area contributed by atoms with E-state index in [0.29, 0.717) is 6.42 Å². The molecule has 1 rings (SSSR count). The molecule has 1 unspecified atom stereocenters. The van der Waals surface area contributed by atoms with Crippen LogP contribution in [0.25, 0.3) is 0 Å². The summed E-state index contributed by atoms with van der Waals surface area (Å²) in [7, 11) is 0. The maximum absolute atomic E-state index is 13.8. The normalized spacial score (nSPS) is 12.5. The van der Waals surface area contributed by atoms with E-state index in [9.17, 15) is 4.39 Å². The molecule has 20 heavy (non-hydrogen) atoms. The van der Waals surface area contributed by atoms with Crippen molar-refractivity contribution in [3.63, 3.8) is 0 Å². The van der Waals surface area contributed by atoms with Crippen molar-refractivity contribution in [1.29, 1.82) is 0 Å². The van der Waals surface area contributed by atoms with E-state index in [1.54, 1.807) is 0 Å². The molecule has 0 aliphatic heterocycles. The molecule has 0 saturated heterocycles. The molecule has 0 fully saturated rings. The predicted molar refractivity (Wildman–Crippen MR) is 89.0 cm³/mol. The van der Waals surface area contributed by atoms with Crippen LogP contribution in [0.4, 0.5) is 4.39 Å². The Labute approximate surface area is 128 Å². The van der Waals surface area contributed by atoms with Crippen LogP contribution in [0.5, 0.6) is 0 Å². The summed E-state index contributed by atoms with van der Waals surface area (Å²) in [6, 6.07) is 9.86. The second-order valence-electron chi connectivity index (χ2n) is 5.46. The Kier molecular flexibility index (Phi) is 10.8. The van der Waals surface area contributed by atoms with Crippen LogP contribution in [-0.4, -0.2) is 5.50 Å². The Hall–Kier alpha value is -0.500. The Bertz CT molecular complexity index is 312. The molecule has 0 bridgehead atoms. The molecule has 0 aliphatic carbocycles. The van der Waals surface area contributed by atoms with Crippen LogP contribution in [0.1, 0.15) is 71.1 Å². The van der Waals surface area contributed by atoms with Gasteiger partial charge in [-0.3, -0.25) is 0 Å². The number of hydrogen-bond acceptors (Lipinski definition) is 1. The van der Waals surface area contributed by atoms with E-state index in [1.165, 1.54) is 63.1 Å². The Balaban J connectivity index is 1.91. The first-order valence-corrected chi connectivity index (χ1v) is 9.06. The molecule has 0 nitrogen and oxygen atoms in total. The highest BCUT2D eigenvalue weighted by atomic mass is 32.2. The summed E-state index contributed by atoms with van der Waals surface area (Å²) < 4.78 is 13.8. The topological polar surface area (TPSA) is 0 Å². The van der Waals surface area contributed by atoms with Gasteiger partial charge in [0.15, 0.2) is 0 Å². The summed E-state index contributed by atoms with van der Waals surface area (Å²) in [6.45, 7) is 2.25. The van der Waals surface area contributed by atoms with Gasteiger partial charge in [-0.2, -0.15) is 0 Å². The Morgan fingerprint density at radius 3 is 2.00 bits per heavy atom. The van der Waals surface area contributed by atoms with Crippen LogP contribution in [0.2, 0.25) is 0 Å². The number of rotatable bonds is 12. The van der Waals surface area contributed by atoms with E-state index >= 15 is 0 Å². The minimum atomic E-state index is -0.748. The van der Waals surface area contributed by atoms with Crippen molar-refractivity contribution in [3.8, 4) is 0 Å². The van der Waals surface area contributed by atoms with E-state index in [0.717, 1.165) is 11.3 Å². The van der Waals surface area contributed by atoms with Crippen molar-refractivity contribution in [2.24, 2.45) is 0 Å². The largest absolute Gasteiger partial charge is 0.235 e. The molecule has 2 heteroatoms. The summed E-state index contributed by atoms with van der Waals surface area (Å²) >= 11 is 1.35. The summed E-state index contributed by atoms with van der Waals surface area (Å²) in [5, 5.41) is 0. The average Bonchev–Trinajstić information content (AvgIpc) is 2.46. The molecule has 0 N–H and O–H groups in total. The number of hydrogen-bond donors (Lipinski definition) is 0. The standard InChI is InChI=1S/C18H29FS/c1-2-3-4-5-6-7-8-9-13-16-18(19)20-17-14-11-10-12-15-17/h10-12,14-15,18H,2-9,13,16H2,1H3. The quantitative estimate of drug-likeness (QED) is 0.296. The van der Waals surface area contributed by atoms with Crippen LogP contribution >= 0.6 is 11.8 Å². The molecule has 0 amide bonds.